The van der Waals surface area contributed by atoms with Crippen LogP contribution in [0.1, 0.15) is 50.2 Å². The highest BCUT2D eigenvalue weighted by Crippen LogP contribution is 2.30. The molecule has 0 bridgehead atoms. The number of aryl methyl sites for hydroxylation is 1. The lowest BCUT2D eigenvalue weighted by Gasteiger charge is -2.30. The molecule has 0 spiro atoms. The Bertz CT molecular complexity index is 450. The van der Waals surface area contributed by atoms with Crippen molar-refractivity contribution in [1.82, 2.24) is 0 Å². The molecule has 19 heavy (non-hydrogen) atoms. The first kappa shape index (κ1) is 14.3. The van der Waals surface area contributed by atoms with Crippen molar-refractivity contribution >= 4 is 22.9 Å². The summed E-state index contributed by atoms with van der Waals surface area (Å²) in [7, 11) is 0. The maximum Gasteiger partial charge on any atom is 0.106 e. The van der Waals surface area contributed by atoms with Crippen molar-refractivity contribution in [3.05, 3.63) is 29.3 Å². The predicted octanol–water partition coefficient (Wildman–Crippen LogP) is 4.01. The van der Waals surface area contributed by atoms with E-state index in [0.717, 1.165) is 17.2 Å². The number of anilines is 1. The molecule has 1 saturated carbocycles. The number of para-hydroxylation sites is 1. The second kappa shape index (κ2) is 6.38. The minimum absolute atomic E-state index is 0.474. The van der Waals surface area contributed by atoms with Gasteiger partial charge in [-0.2, -0.15) is 0 Å². The number of thiocarbonyl (C=S) groups is 1. The van der Waals surface area contributed by atoms with Gasteiger partial charge in [0.15, 0.2) is 0 Å². The first-order valence-electron chi connectivity index (χ1n) is 7.25. The molecule has 0 aromatic heterocycles. The van der Waals surface area contributed by atoms with Crippen molar-refractivity contribution in [3.63, 3.8) is 0 Å². The van der Waals surface area contributed by atoms with Crippen molar-refractivity contribution < 1.29 is 0 Å². The lowest BCUT2D eigenvalue weighted by Crippen LogP contribution is -2.29. The molecule has 0 amide bonds. The van der Waals surface area contributed by atoms with E-state index in [1.165, 1.54) is 37.7 Å². The molecule has 1 aliphatic carbocycles. The second-order valence-electron chi connectivity index (χ2n) is 5.69. The Morgan fingerprint density at radius 1 is 1.32 bits per heavy atom. The maximum absolute atomic E-state index is 5.83. The monoisotopic (exact) mass is 276 g/mol. The van der Waals surface area contributed by atoms with Gasteiger partial charge in [-0.25, -0.2) is 0 Å². The van der Waals surface area contributed by atoms with E-state index in [1.54, 1.807) is 0 Å². The third-order valence-electron chi connectivity index (χ3n) is 4.27. The zero-order valence-corrected chi connectivity index (χ0v) is 12.7. The average molecular weight is 276 g/mol. The summed E-state index contributed by atoms with van der Waals surface area (Å²) in [6, 6.07) is 6.61. The van der Waals surface area contributed by atoms with Crippen LogP contribution in [0, 0.1) is 12.8 Å². The fourth-order valence-corrected chi connectivity index (χ4v) is 3.21. The smallest absolute Gasteiger partial charge is 0.106 e. The van der Waals surface area contributed by atoms with E-state index in [2.05, 4.69) is 25.2 Å². The molecule has 3 N–H and O–H groups in total. The molecular weight excluding hydrogens is 252 g/mol. The van der Waals surface area contributed by atoms with Crippen LogP contribution in [0.4, 0.5) is 5.69 Å². The molecule has 104 valence electrons. The third kappa shape index (κ3) is 3.47. The van der Waals surface area contributed by atoms with Crippen LogP contribution in [0.25, 0.3) is 0 Å². The van der Waals surface area contributed by atoms with Crippen LogP contribution in [-0.4, -0.2) is 11.0 Å². The largest absolute Gasteiger partial charge is 0.389 e. The Kier molecular flexibility index (Phi) is 4.81. The molecule has 1 aromatic carbocycles. The summed E-state index contributed by atoms with van der Waals surface area (Å²) in [5.74, 6) is 0.771. The van der Waals surface area contributed by atoms with Gasteiger partial charge in [-0.05, 0) is 44.2 Å². The molecule has 2 nitrogen and oxygen atoms in total. The fourth-order valence-electron chi connectivity index (χ4n) is 3.04. The van der Waals surface area contributed by atoms with Gasteiger partial charge >= 0.3 is 0 Å². The minimum atomic E-state index is 0.474. The first-order chi connectivity index (χ1) is 9.09. The lowest BCUT2D eigenvalue weighted by atomic mass is 9.84. The number of benzene rings is 1. The molecule has 0 heterocycles. The van der Waals surface area contributed by atoms with E-state index >= 15 is 0 Å². The van der Waals surface area contributed by atoms with Gasteiger partial charge in [0.1, 0.15) is 4.99 Å². The zero-order valence-electron chi connectivity index (χ0n) is 11.9. The van der Waals surface area contributed by atoms with E-state index in [1.807, 2.05) is 12.1 Å². The minimum Gasteiger partial charge on any atom is -0.389 e. The topological polar surface area (TPSA) is 38.0 Å². The summed E-state index contributed by atoms with van der Waals surface area (Å²) < 4.78 is 0. The fraction of sp³-hybridized carbons (Fsp3) is 0.562. The molecular formula is C16H24N2S. The van der Waals surface area contributed by atoms with Crippen molar-refractivity contribution in [2.75, 3.05) is 5.32 Å². The molecule has 3 heteroatoms. The van der Waals surface area contributed by atoms with Crippen LogP contribution in [0.2, 0.25) is 0 Å². The highest BCUT2D eigenvalue weighted by Gasteiger charge is 2.21. The van der Waals surface area contributed by atoms with Gasteiger partial charge in [0.2, 0.25) is 0 Å². The van der Waals surface area contributed by atoms with Gasteiger partial charge < -0.3 is 11.1 Å². The van der Waals surface area contributed by atoms with Crippen molar-refractivity contribution in [2.24, 2.45) is 11.7 Å². The van der Waals surface area contributed by atoms with Crippen molar-refractivity contribution in [1.29, 1.82) is 0 Å². The van der Waals surface area contributed by atoms with E-state index in [4.69, 9.17) is 18.0 Å². The first-order valence-corrected chi connectivity index (χ1v) is 7.66. The number of nitrogens with one attached hydrogen (secondary N) is 1. The summed E-state index contributed by atoms with van der Waals surface area (Å²) in [5.41, 5.74) is 9.13. The zero-order chi connectivity index (χ0) is 13.8. The predicted molar refractivity (Wildman–Crippen MR) is 86.7 cm³/mol. The Morgan fingerprint density at radius 3 is 2.63 bits per heavy atom. The van der Waals surface area contributed by atoms with E-state index in [0.29, 0.717) is 11.0 Å². The lowest BCUT2D eigenvalue weighted by molar-refractivity contribution is 0.328. The van der Waals surface area contributed by atoms with Gasteiger partial charge in [-0.1, -0.05) is 43.6 Å². The number of hydrogen-bond acceptors (Lipinski definition) is 2. The quantitative estimate of drug-likeness (QED) is 0.816. The summed E-state index contributed by atoms with van der Waals surface area (Å²) in [5, 5.41) is 3.66. The Labute approximate surface area is 121 Å². The standard InChI is InChI=1S/C16H24N2S/c1-11-7-6-10-14(16(17)19)15(11)18-12(2)13-8-4-3-5-9-13/h6-7,10,12-13,18H,3-5,8-9H2,1-2H3,(H2,17,19). The van der Waals surface area contributed by atoms with Gasteiger partial charge in [-0.15, -0.1) is 0 Å². The van der Waals surface area contributed by atoms with Gasteiger partial charge in [-0.3, -0.25) is 0 Å². The highest BCUT2D eigenvalue weighted by molar-refractivity contribution is 7.80. The van der Waals surface area contributed by atoms with E-state index in [9.17, 15) is 0 Å². The summed E-state index contributed by atoms with van der Waals surface area (Å²) in [6.07, 6.45) is 6.80. The molecule has 1 aromatic rings. The number of hydrogen-bond donors (Lipinski definition) is 2. The molecule has 1 unspecified atom stereocenters. The maximum atomic E-state index is 5.83. The Morgan fingerprint density at radius 2 is 2.00 bits per heavy atom. The molecule has 1 fully saturated rings. The van der Waals surface area contributed by atoms with E-state index < -0.39 is 0 Å². The van der Waals surface area contributed by atoms with Gasteiger partial charge in [0.05, 0.1) is 0 Å². The molecule has 2 rings (SSSR count). The molecule has 1 atom stereocenters. The molecule has 1 aliphatic rings. The molecule has 0 aliphatic heterocycles. The third-order valence-corrected chi connectivity index (χ3v) is 4.49. The SMILES string of the molecule is Cc1cccc(C(N)=S)c1NC(C)C1CCCCC1. The Hall–Kier alpha value is -1.09. The van der Waals surface area contributed by atoms with Crippen LogP contribution in [-0.2, 0) is 0 Å². The summed E-state index contributed by atoms with van der Waals surface area (Å²) in [6.45, 7) is 4.39. The van der Waals surface area contributed by atoms with Crippen LogP contribution >= 0.6 is 12.2 Å². The van der Waals surface area contributed by atoms with E-state index in [-0.39, 0.29) is 0 Å². The number of nitrogens with two attached hydrogens (primary N) is 1. The van der Waals surface area contributed by atoms with Gasteiger partial charge in [0.25, 0.3) is 0 Å². The second-order valence-corrected chi connectivity index (χ2v) is 6.13. The normalized spacial score (nSPS) is 18.0. The van der Waals surface area contributed by atoms with Crippen LogP contribution < -0.4 is 11.1 Å². The number of rotatable bonds is 4. The molecule has 0 radical (unpaired) electrons. The average Bonchev–Trinajstić information content (AvgIpc) is 2.41. The van der Waals surface area contributed by atoms with Crippen LogP contribution in [0.5, 0.6) is 0 Å². The summed E-state index contributed by atoms with van der Waals surface area (Å²) >= 11 is 5.16. The van der Waals surface area contributed by atoms with Crippen molar-refractivity contribution in [3.8, 4) is 0 Å². The van der Waals surface area contributed by atoms with Gasteiger partial charge in [0, 0.05) is 17.3 Å². The van der Waals surface area contributed by atoms with Crippen LogP contribution in [0.15, 0.2) is 18.2 Å². The highest BCUT2D eigenvalue weighted by atomic mass is 32.1. The van der Waals surface area contributed by atoms with Crippen LogP contribution in [0.3, 0.4) is 0 Å². The molecule has 0 saturated heterocycles. The summed E-state index contributed by atoms with van der Waals surface area (Å²) in [4.78, 5) is 0.474. The van der Waals surface area contributed by atoms with Crippen molar-refractivity contribution in [2.45, 2.75) is 52.0 Å². The Balaban J connectivity index is 2.15.